The van der Waals surface area contributed by atoms with Crippen LogP contribution in [-0.2, 0) is 0 Å². The van der Waals surface area contributed by atoms with Gasteiger partial charge < -0.3 is 13.6 Å². The molecule has 4 aromatic heterocycles. The van der Waals surface area contributed by atoms with Crippen LogP contribution in [0.5, 0.6) is 0 Å². The summed E-state index contributed by atoms with van der Waals surface area (Å²) in [5.74, 6) is 1.76. The average Bonchev–Trinajstić information content (AvgIpc) is 4.10. The van der Waals surface area contributed by atoms with E-state index in [1.807, 2.05) is 42.5 Å². The number of rotatable bonds is 7. The lowest BCUT2D eigenvalue weighted by Crippen LogP contribution is -2.02. The first kappa shape index (κ1) is 38.8. The number of benzene rings is 10. The van der Waals surface area contributed by atoms with E-state index < -0.39 is 0 Å². The van der Waals surface area contributed by atoms with Gasteiger partial charge in [-0.2, -0.15) is 0 Å². The standard InChI is InChI=1S/C63H39N5O/c1-5-19-40(20-6-1)41-33-35-44(36-34-41)62-64-61(43-23-9-3-10-24-43)65-63(66-62)49-37-38-54(60-57(49)48-29-15-18-32-55(48)69-60)68-52-30-16-13-27-46(52)51-39-50(42-21-7-2-8-22-42)56-47-28-14-17-31-53(47)67(59(56)58(51)68)45-25-11-4-12-26-45/h1-39H. The van der Waals surface area contributed by atoms with Crippen LogP contribution in [0.2, 0.25) is 0 Å². The van der Waals surface area contributed by atoms with Gasteiger partial charge in [-0.15, -0.1) is 0 Å². The molecule has 69 heavy (non-hydrogen) atoms. The number of para-hydroxylation sites is 4. The van der Waals surface area contributed by atoms with Crippen molar-refractivity contribution < 1.29 is 4.42 Å². The molecule has 0 saturated carbocycles. The summed E-state index contributed by atoms with van der Waals surface area (Å²) in [5.41, 5.74) is 15.3. The summed E-state index contributed by atoms with van der Waals surface area (Å²) in [7, 11) is 0. The molecule has 4 heterocycles. The van der Waals surface area contributed by atoms with Gasteiger partial charge in [-0.05, 0) is 70.8 Å². The average molecular weight is 882 g/mol. The van der Waals surface area contributed by atoms with Crippen molar-refractivity contribution in [3.8, 4) is 67.8 Å². The van der Waals surface area contributed by atoms with E-state index in [0.29, 0.717) is 17.5 Å². The van der Waals surface area contributed by atoms with Gasteiger partial charge in [-0.3, -0.25) is 0 Å². The molecule has 0 bridgehead atoms. The summed E-state index contributed by atoms with van der Waals surface area (Å²) in [6.07, 6.45) is 0. The van der Waals surface area contributed by atoms with E-state index >= 15 is 0 Å². The van der Waals surface area contributed by atoms with E-state index in [0.717, 1.165) is 94.0 Å². The van der Waals surface area contributed by atoms with Crippen LogP contribution in [-0.4, -0.2) is 24.1 Å². The van der Waals surface area contributed by atoms with Gasteiger partial charge in [0, 0.05) is 54.7 Å². The van der Waals surface area contributed by atoms with Gasteiger partial charge >= 0.3 is 0 Å². The van der Waals surface area contributed by atoms with Gasteiger partial charge in [0.2, 0.25) is 0 Å². The molecule has 6 nitrogen and oxygen atoms in total. The first-order valence-electron chi connectivity index (χ1n) is 23.3. The topological polar surface area (TPSA) is 61.7 Å². The molecule has 0 aliphatic carbocycles. The summed E-state index contributed by atoms with van der Waals surface area (Å²) >= 11 is 0. The second-order valence-electron chi connectivity index (χ2n) is 17.5. The van der Waals surface area contributed by atoms with Crippen molar-refractivity contribution in [2.45, 2.75) is 0 Å². The Hall–Kier alpha value is -9.39. The molecule has 6 heteroatoms. The minimum Gasteiger partial charge on any atom is -0.454 e. The molecule has 0 atom stereocenters. The number of nitrogens with zero attached hydrogens (tertiary/aromatic N) is 5. The molecular weight excluding hydrogens is 843 g/mol. The maximum absolute atomic E-state index is 7.13. The minimum atomic E-state index is 0.565. The van der Waals surface area contributed by atoms with Crippen molar-refractivity contribution >= 4 is 65.6 Å². The Labute approximate surface area is 396 Å². The highest BCUT2D eigenvalue weighted by atomic mass is 16.3. The fraction of sp³-hybridized carbons (Fsp3) is 0. The van der Waals surface area contributed by atoms with E-state index in [1.165, 1.54) is 21.9 Å². The summed E-state index contributed by atoms with van der Waals surface area (Å²) in [6.45, 7) is 0. The molecule has 0 N–H and O–H groups in total. The number of aromatic nitrogens is 5. The highest BCUT2D eigenvalue weighted by molar-refractivity contribution is 6.28. The van der Waals surface area contributed by atoms with Gasteiger partial charge in [0.05, 0.1) is 27.8 Å². The fourth-order valence-corrected chi connectivity index (χ4v) is 10.5. The monoisotopic (exact) mass is 881 g/mol. The third kappa shape index (κ3) is 6.16. The number of furan rings is 1. The van der Waals surface area contributed by atoms with Gasteiger partial charge in [-0.25, -0.2) is 15.0 Å². The predicted octanol–water partition coefficient (Wildman–Crippen LogP) is 16.3. The lowest BCUT2D eigenvalue weighted by atomic mass is 9.96. The summed E-state index contributed by atoms with van der Waals surface area (Å²) in [6, 6.07) is 83.2. The molecule has 0 unspecified atom stereocenters. The summed E-state index contributed by atoms with van der Waals surface area (Å²) in [4.78, 5) is 15.7. The van der Waals surface area contributed by atoms with Crippen molar-refractivity contribution in [3.63, 3.8) is 0 Å². The zero-order valence-corrected chi connectivity index (χ0v) is 37.2. The van der Waals surface area contributed by atoms with Crippen molar-refractivity contribution in [3.05, 3.63) is 237 Å². The van der Waals surface area contributed by atoms with Crippen LogP contribution in [0.25, 0.3) is 133 Å². The van der Waals surface area contributed by atoms with E-state index in [9.17, 15) is 0 Å². The fourth-order valence-electron chi connectivity index (χ4n) is 10.5. The Bertz CT molecular complexity index is 4270. The quantitative estimate of drug-likeness (QED) is 0.160. The molecular formula is C63H39N5O. The summed E-state index contributed by atoms with van der Waals surface area (Å²) < 4.78 is 12.0. The van der Waals surface area contributed by atoms with Gasteiger partial charge in [-0.1, -0.05) is 188 Å². The minimum absolute atomic E-state index is 0.565. The van der Waals surface area contributed by atoms with Crippen LogP contribution in [0, 0.1) is 0 Å². The lowest BCUT2D eigenvalue weighted by Gasteiger charge is -2.15. The molecule has 14 rings (SSSR count). The highest BCUT2D eigenvalue weighted by Crippen LogP contribution is 2.48. The van der Waals surface area contributed by atoms with E-state index in [-0.39, 0.29) is 0 Å². The largest absolute Gasteiger partial charge is 0.454 e. The summed E-state index contributed by atoms with van der Waals surface area (Å²) in [5, 5.41) is 6.60. The van der Waals surface area contributed by atoms with Crippen molar-refractivity contribution in [2.75, 3.05) is 0 Å². The zero-order chi connectivity index (χ0) is 45.4. The Balaban J connectivity index is 1.08. The van der Waals surface area contributed by atoms with Crippen LogP contribution in [0.4, 0.5) is 0 Å². The van der Waals surface area contributed by atoms with Crippen LogP contribution in [0.1, 0.15) is 0 Å². The van der Waals surface area contributed by atoms with Crippen LogP contribution in [0.15, 0.2) is 241 Å². The van der Waals surface area contributed by atoms with Crippen molar-refractivity contribution in [1.82, 2.24) is 24.1 Å². The Morgan fingerprint density at radius 2 is 0.826 bits per heavy atom. The van der Waals surface area contributed by atoms with Gasteiger partial charge in [0.15, 0.2) is 23.1 Å². The molecule has 322 valence electrons. The van der Waals surface area contributed by atoms with Crippen molar-refractivity contribution in [1.29, 1.82) is 0 Å². The molecule has 0 saturated heterocycles. The van der Waals surface area contributed by atoms with Gasteiger partial charge in [0.1, 0.15) is 5.58 Å². The molecule has 10 aromatic carbocycles. The molecule has 0 amide bonds. The number of fused-ring (bicyclic) bond motifs is 10. The maximum Gasteiger partial charge on any atom is 0.164 e. The van der Waals surface area contributed by atoms with E-state index in [1.54, 1.807) is 0 Å². The molecule has 0 fully saturated rings. The second kappa shape index (κ2) is 15.6. The SMILES string of the molecule is c1ccc(-c2ccc(-c3nc(-c4ccccc4)nc(-c4ccc(-n5c6ccccc6c6cc(-c7ccccc7)c7c8ccccc8n(-c8ccccc8)c7c65)c5oc6ccccc6c45)n3)cc2)cc1. The Morgan fingerprint density at radius 3 is 1.52 bits per heavy atom. The maximum atomic E-state index is 7.13. The third-order valence-electron chi connectivity index (χ3n) is 13.6. The first-order valence-corrected chi connectivity index (χ1v) is 23.3. The van der Waals surface area contributed by atoms with E-state index in [2.05, 4.69) is 203 Å². The van der Waals surface area contributed by atoms with E-state index in [4.69, 9.17) is 19.4 Å². The molecule has 14 aromatic rings. The second-order valence-corrected chi connectivity index (χ2v) is 17.5. The molecule has 0 radical (unpaired) electrons. The van der Waals surface area contributed by atoms with Crippen LogP contribution in [0.3, 0.4) is 0 Å². The zero-order valence-electron chi connectivity index (χ0n) is 37.2. The van der Waals surface area contributed by atoms with Gasteiger partial charge in [0.25, 0.3) is 0 Å². The predicted molar refractivity (Wildman–Crippen MR) is 283 cm³/mol. The molecule has 0 aliphatic heterocycles. The normalized spacial score (nSPS) is 11.8. The highest BCUT2D eigenvalue weighted by Gasteiger charge is 2.27. The first-order chi connectivity index (χ1) is 34.2. The number of hydrogen-bond donors (Lipinski definition) is 0. The van der Waals surface area contributed by atoms with Crippen LogP contribution < -0.4 is 0 Å². The molecule has 0 aliphatic rings. The van der Waals surface area contributed by atoms with Crippen molar-refractivity contribution in [2.24, 2.45) is 0 Å². The third-order valence-corrected chi connectivity index (χ3v) is 13.6. The van der Waals surface area contributed by atoms with Crippen LogP contribution >= 0.6 is 0 Å². The smallest absolute Gasteiger partial charge is 0.164 e. The Morgan fingerprint density at radius 1 is 0.319 bits per heavy atom. The lowest BCUT2D eigenvalue weighted by molar-refractivity contribution is 0.666. The Kier molecular flexibility index (Phi) is 8.79. The number of hydrogen-bond acceptors (Lipinski definition) is 4. The molecule has 0 spiro atoms.